The number of nitrogens with zero attached hydrogens (tertiary/aromatic N) is 4. The van der Waals surface area contributed by atoms with Crippen LogP contribution in [0.2, 0.25) is 0 Å². The molecule has 0 radical (unpaired) electrons. The number of likely N-dealkylation sites (N-methyl/N-ethyl adjacent to an activating group) is 1. The highest BCUT2D eigenvalue weighted by Crippen LogP contribution is 1.94. The van der Waals surface area contributed by atoms with Crippen LogP contribution in [0.25, 0.3) is 0 Å². The lowest BCUT2D eigenvalue weighted by molar-refractivity contribution is 0.0586. The van der Waals surface area contributed by atoms with Gasteiger partial charge < -0.3 is 9.64 Å². The molecule has 0 spiro atoms. The van der Waals surface area contributed by atoms with Crippen LogP contribution >= 0.6 is 0 Å². The zero-order valence-corrected chi connectivity index (χ0v) is 10.0. The number of hydrogen-bond donors (Lipinski definition) is 0. The Morgan fingerprint density at radius 2 is 2.19 bits per heavy atom. The standard InChI is InChI=1S/C10H18N4O2/c1-4-13(5-2)6-7-14-8-11-9(12-14)10(15)16-3/h8H,4-7H2,1-3H3. The van der Waals surface area contributed by atoms with Crippen LogP contribution in [0.15, 0.2) is 6.33 Å². The minimum absolute atomic E-state index is 0.113. The average Bonchev–Trinajstić information content (AvgIpc) is 2.78. The Kier molecular flexibility index (Phi) is 4.91. The highest BCUT2D eigenvalue weighted by molar-refractivity contribution is 5.84. The monoisotopic (exact) mass is 226 g/mol. The molecule has 1 aromatic heterocycles. The number of methoxy groups -OCH3 is 1. The molecule has 16 heavy (non-hydrogen) atoms. The van der Waals surface area contributed by atoms with Crippen LogP contribution in [0, 0.1) is 0 Å². The first-order valence-electron chi connectivity index (χ1n) is 5.41. The molecule has 0 atom stereocenters. The summed E-state index contributed by atoms with van der Waals surface area (Å²) in [6.07, 6.45) is 1.55. The van der Waals surface area contributed by atoms with Gasteiger partial charge in [-0.25, -0.2) is 9.78 Å². The summed E-state index contributed by atoms with van der Waals surface area (Å²) >= 11 is 0. The summed E-state index contributed by atoms with van der Waals surface area (Å²) in [4.78, 5) is 17.3. The molecule has 0 aliphatic heterocycles. The largest absolute Gasteiger partial charge is 0.463 e. The highest BCUT2D eigenvalue weighted by atomic mass is 16.5. The van der Waals surface area contributed by atoms with E-state index in [0.717, 1.165) is 26.2 Å². The maximum absolute atomic E-state index is 11.1. The Morgan fingerprint density at radius 3 is 2.75 bits per heavy atom. The molecule has 0 bridgehead atoms. The van der Waals surface area contributed by atoms with Gasteiger partial charge in [0.15, 0.2) is 0 Å². The van der Waals surface area contributed by atoms with Gasteiger partial charge in [0, 0.05) is 6.54 Å². The van der Waals surface area contributed by atoms with Crippen molar-refractivity contribution in [1.82, 2.24) is 19.7 Å². The van der Waals surface area contributed by atoms with Crippen LogP contribution in [0.4, 0.5) is 0 Å². The maximum atomic E-state index is 11.1. The maximum Gasteiger partial charge on any atom is 0.377 e. The van der Waals surface area contributed by atoms with E-state index < -0.39 is 5.97 Å². The molecule has 0 aromatic carbocycles. The second kappa shape index (κ2) is 6.22. The molecule has 1 aromatic rings. The Balaban J connectivity index is 2.49. The Labute approximate surface area is 95.2 Å². The number of hydrogen-bond acceptors (Lipinski definition) is 5. The van der Waals surface area contributed by atoms with Gasteiger partial charge in [0.05, 0.1) is 13.7 Å². The second-order valence-corrected chi connectivity index (χ2v) is 3.35. The van der Waals surface area contributed by atoms with Crippen molar-refractivity contribution in [1.29, 1.82) is 0 Å². The average molecular weight is 226 g/mol. The van der Waals surface area contributed by atoms with Crippen molar-refractivity contribution < 1.29 is 9.53 Å². The third kappa shape index (κ3) is 3.30. The lowest BCUT2D eigenvalue weighted by Crippen LogP contribution is -2.27. The predicted octanol–water partition coefficient (Wildman–Crippen LogP) is 0.406. The Hall–Kier alpha value is -1.43. The molecule has 0 fully saturated rings. The van der Waals surface area contributed by atoms with Gasteiger partial charge >= 0.3 is 5.97 Å². The molecular weight excluding hydrogens is 208 g/mol. The van der Waals surface area contributed by atoms with Crippen molar-refractivity contribution >= 4 is 5.97 Å². The van der Waals surface area contributed by atoms with E-state index in [1.54, 1.807) is 11.0 Å². The lowest BCUT2D eigenvalue weighted by atomic mass is 10.5. The van der Waals surface area contributed by atoms with Crippen LogP contribution < -0.4 is 0 Å². The topological polar surface area (TPSA) is 60.2 Å². The SMILES string of the molecule is CCN(CC)CCn1cnc(C(=O)OC)n1. The summed E-state index contributed by atoms with van der Waals surface area (Å²) in [5, 5.41) is 4.03. The molecule has 0 aliphatic carbocycles. The fraction of sp³-hybridized carbons (Fsp3) is 0.700. The third-order valence-electron chi connectivity index (χ3n) is 2.44. The van der Waals surface area contributed by atoms with Crippen LogP contribution in [0.5, 0.6) is 0 Å². The molecule has 0 amide bonds. The number of aromatic nitrogens is 3. The van der Waals surface area contributed by atoms with Crippen molar-refractivity contribution in [3.63, 3.8) is 0 Å². The van der Waals surface area contributed by atoms with Crippen molar-refractivity contribution in [2.24, 2.45) is 0 Å². The Bertz CT molecular complexity index is 333. The summed E-state index contributed by atoms with van der Waals surface area (Å²) in [6.45, 7) is 7.88. The van der Waals surface area contributed by atoms with Crippen LogP contribution in [-0.2, 0) is 11.3 Å². The second-order valence-electron chi connectivity index (χ2n) is 3.35. The van der Waals surface area contributed by atoms with Crippen molar-refractivity contribution in [3.8, 4) is 0 Å². The number of rotatable bonds is 6. The lowest BCUT2D eigenvalue weighted by Gasteiger charge is -2.17. The van der Waals surface area contributed by atoms with Gasteiger partial charge in [-0.05, 0) is 13.1 Å². The minimum atomic E-state index is -0.499. The van der Waals surface area contributed by atoms with E-state index in [9.17, 15) is 4.79 Å². The molecule has 1 rings (SSSR count). The summed E-state index contributed by atoms with van der Waals surface area (Å²) in [5.41, 5.74) is 0. The van der Waals surface area contributed by atoms with Crippen molar-refractivity contribution in [3.05, 3.63) is 12.2 Å². The number of ether oxygens (including phenoxy) is 1. The van der Waals surface area contributed by atoms with Gasteiger partial charge in [-0.2, -0.15) is 0 Å². The predicted molar refractivity (Wildman–Crippen MR) is 59.1 cm³/mol. The molecule has 6 nitrogen and oxygen atoms in total. The van der Waals surface area contributed by atoms with Crippen LogP contribution in [-0.4, -0.2) is 52.4 Å². The van der Waals surface area contributed by atoms with Crippen LogP contribution in [0.1, 0.15) is 24.5 Å². The van der Waals surface area contributed by atoms with E-state index in [4.69, 9.17) is 0 Å². The number of carbonyl (C=O) groups is 1. The Morgan fingerprint density at radius 1 is 1.50 bits per heavy atom. The van der Waals surface area contributed by atoms with Gasteiger partial charge in [-0.15, -0.1) is 5.10 Å². The summed E-state index contributed by atoms with van der Waals surface area (Å²) in [5.74, 6) is -0.386. The molecular formula is C10H18N4O2. The molecule has 0 saturated carbocycles. The minimum Gasteiger partial charge on any atom is -0.463 e. The fourth-order valence-electron chi connectivity index (χ4n) is 1.37. The molecule has 0 aliphatic rings. The molecule has 0 N–H and O–H groups in total. The van der Waals surface area contributed by atoms with Gasteiger partial charge in [-0.1, -0.05) is 13.8 Å². The van der Waals surface area contributed by atoms with E-state index >= 15 is 0 Å². The van der Waals surface area contributed by atoms with Gasteiger partial charge in [0.2, 0.25) is 0 Å². The zero-order chi connectivity index (χ0) is 12.0. The molecule has 1 heterocycles. The molecule has 6 heteroatoms. The first-order valence-corrected chi connectivity index (χ1v) is 5.41. The van der Waals surface area contributed by atoms with Crippen molar-refractivity contribution in [2.45, 2.75) is 20.4 Å². The summed E-state index contributed by atoms with van der Waals surface area (Å²) in [6, 6.07) is 0. The van der Waals surface area contributed by atoms with E-state index in [1.165, 1.54) is 7.11 Å². The van der Waals surface area contributed by atoms with Crippen LogP contribution in [0.3, 0.4) is 0 Å². The summed E-state index contributed by atoms with van der Waals surface area (Å²) in [7, 11) is 1.32. The van der Waals surface area contributed by atoms with E-state index in [1.807, 2.05) is 0 Å². The summed E-state index contributed by atoms with van der Waals surface area (Å²) < 4.78 is 6.19. The van der Waals surface area contributed by atoms with E-state index in [0.29, 0.717) is 0 Å². The quantitative estimate of drug-likeness (QED) is 0.657. The zero-order valence-electron chi connectivity index (χ0n) is 10.0. The molecule has 0 saturated heterocycles. The first-order chi connectivity index (χ1) is 7.71. The van der Waals surface area contributed by atoms with Gasteiger partial charge in [0.1, 0.15) is 6.33 Å². The number of esters is 1. The van der Waals surface area contributed by atoms with Gasteiger partial charge in [0.25, 0.3) is 5.82 Å². The third-order valence-corrected chi connectivity index (χ3v) is 2.44. The van der Waals surface area contributed by atoms with E-state index in [2.05, 4.69) is 33.6 Å². The molecule has 0 unspecified atom stereocenters. The molecule has 90 valence electrons. The van der Waals surface area contributed by atoms with E-state index in [-0.39, 0.29) is 5.82 Å². The smallest absolute Gasteiger partial charge is 0.377 e. The first kappa shape index (κ1) is 12.6. The fourth-order valence-corrected chi connectivity index (χ4v) is 1.37. The van der Waals surface area contributed by atoms with Gasteiger partial charge in [-0.3, -0.25) is 4.68 Å². The number of carbonyl (C=O) groups excluding carboxylic acids is 1. The highest BCUT2D eigenvalue weighted by Gasteiger charge is 2.11. The van der Waals surface area contributed by atoms with Crippen molar-refractivity contribution in [2.75, 3.05) is 26.7 Å². The normalized spacial score (nSPS) is 10.8.